The number of benzene rings is 2. The molecule has 0 saturated carbocycles. The summed E-state index contributed by atoms with van der Waals surface area (Å²) in [6.07, 6.45) is 0. The second kappa shape index (κ2) is 8.09. The summed E-state index contributed by atoms with van der Waals surface area (Å²) in [6, 6.07) is 8.66. The number of rotatable bonds is 5. The van der Waals surface area contributed by atoms with E-state index in [0.29, 0.717) is 20.7 Å². The van der Waals surface area contributed by atoms with Crippen LogP contribution in [0.15, 0.2) is 40.9 Å². The van der Waals surface area contributed by atoms with E-state index in [4.69, 9.17) is 16.3 Å². The smallest absolute Gasteiger partial charge is 0.345 e. The van der Waals surface area contributed by atoms with E-state index in [1.54, 1.807) is 19.1 Å². The minimum Gasteiger partial charge on any atom is -0.452 e. The van der Waals surface area contributed by atoms with Gasteiger partial charge in [-0.05, 0) is 46.6 Å². The molecule has 9 heteroatoms. The second-order valence-corrected chi connectivity index (χ2v) is 6.16. The number of esters is 1. The predicted octanol–water partition coefficient (Wildman–Crippen LogP) is 4.11. The summed E-state index contributed by atoms with van der Waals surface area (Å²) in [5.74, 6) is -1.54. The first kappa shape index (κ1) is 18.9. The number of carbonyl (C=O) groups excluding carboxylic acids is 2. The van der Waals surface area contributed by atoms with Crippen LogP contribution in [-0.4, -0.2) is 23.4 Å². The van der Waals surface area contributed by atoms with Crippen molar-refractivity contribution in [3.8, 4) is 0 Å². The molecule has 25 heavy (non-hydrogen) atoms. The molecule has 0 unspecified atom stereocenters. The Labute approximate surface area is 156 Å². The van der Waals surface area contributed by atoms with Gasteiger partial charge >= 0.3 is 5.97 Å². The lowest BCUT2D eigenvalue weighted by atomic mass is 10.2. The maximum absolute atomic E-state index is 12.0. The number of nitrogens with one attached hydrogen (secondary N) is 1. The van der Waals surface area contributed by atoms with E-state index in [-0.39, 0.29) is 11.3 Å². The molecule has 0 aliphatic rings. The average Bonchev–Trinajstić information content (AvgIpc) is 2.60. The molecule has 2 rings (SSSR count). The highest BCUT2D eigenvalue weighted by molar-refractivity contribution is 9.10. The number of hydrogen-bond acceptors (Lipinski definition) is 5. The van der Waals surface area contributed by atoms with Crippen molar-refractivity contribution in [2.45, 2.75) is 6.92 Å². The molecule has 1 N–H and O–H groups in total. The lowest BCUT2D eigenvalue weighted by Gasteiger charge is -2.11. The number of carbonyl (C=O) groups is 2. The molecule has 0 radical (unpaired) electrons. The number of nitrogens with zero attached hydrogens (tertiary/aromatic N) is 1. The maximum atomic E-state index is 12.0. The van der Waals surface area contributed by atoms with Crippen molar-refractivity contribution in [3.05, 3.63) is 67.1 Å². The van der Waals surface area contributed by atoms with Gasteiger partial charge in [0.1, 0.15) is 5.56 Å². The van der Waals surface area contributed by atoms with Gasteiger partial charge in [-0.3, -0.25) is 14.9 Å². The zero-order chi connectivity index (χ0) is 18.6. The van der Waals surface area contributed by atoms with Crippen molar-refractivity contribution in [1.29, 1.82) is 0 Å². The molecule has 0 fully saturated rings. The van der Waals surface area contributed by atoms with Gasteiger partial charge in [0.25, 0.3) is 11.6 Å². The normalized spacial score (nSPS) is 10.2. The third kappa shape index (κ3) is 4.55. The molecule has 2 aromatic carbocycles. The van der Waals surface area contributed by atoms with Crippen LogP contribution < -0.4 is 5.32 Å². The zero-order valence-corrected chi connectivity index (χ0v) is 15.3. The van der Waals surface area contributed by atoms with Crippen LogP contribution in [0, 0.1) is 17.0 Å². The fourth-order valence-corrected chi connectivity index (χ4v) is 2.58. The highest BCUT2D eigenvalue weighted by atomic mass is 79.9. The van der Waals surface area contributed by atoms with E-state index in [0.717, 1.165) is 0 Å². The van der Waals surface area contributed by atoms with Crippen molar-refractivity contribution in [2.24, 2.45) is 0 Å². The van der Waals surface area contributed by atoms with E-state index in [1.807, 2.05) is 0 Å². The van der Waals surface area contributed by atoms with Crippen LogP contribution in [0.2, 0.25) is 5.02 Å². The van der Waals surface area contributed by atoms with Gasteiger partial charge in [-0.25, -0.2) is 4.79 Å². The van der Waals surface area contributed by atoms with Crippen molar-refractivity contribution in [2.75, 3.05) is 11.9 Å². The zero-order valence-electron chi connectivity index (χ0n) is 12.9. The van der Waals surface area contributed by atoms with Crippen LogP contribution >= 0.6 is 27.5 Å². The summed E-state index contributed by atoms with van der Waals surface area (Å²) in [6.45, 7) is 1.14. The van der Waals surface area contributed by atoms with Crippen molar-refractivity contribution >= 4 is 50.8 Å². The Balaban J connectivity index is 2.02. The van der Waals surface area contributed by atoms with Gasteiger partial charge in [0, 0.05) is 16.2 Å². The molecular formula is C16H12BrClN2O5. The summed E-state index contributed by atoms with van der Waals surface area (Å²) in [5.41, 5.74) is 0.515. The van der Waals surface area contributed by atoms with Gasteiger partial charge in [0.2, 0.25) is 0 Å². The standard InChI is InChI=1S/C16H12BrClN2O5/c1-9-12(7-6-11(17)15(9)18)19-14(21)8-25-16(22)10-4-2-3-5-13(10)20(23)24/h2-7H,8H2,1H3,(H,19,21). The largest absolute Gasteiger partial charge is 0.452 e. The third-order valence-corrected chi connectivity index (χ3v) is 4.64. The summed E-state index contributed by atoms with van der Waals surface area (Å²) in [5, 5.41) is 13.9. The SMILES string of the molecule is Cc1c(NC(=O)COC(=O)c2ccccc2[N+](=O)[O-])ccc(Br)c1Cl. The number of halogens is 2. The molecule has 7 nitrogen and oxygen atoms in total. The molecule has 0 spiro atoms. The number of nitro groups is 1. The summed E-state index contributed by atoms with van der Waals surface area (Å²) in [4.78, 5) is 34.1. The number of hydrogen-bond donors (Lipinski definition) is 1. The molecule has 0 aromatic heterocycles. The third-order valence-electron chi connectivity index (χ3n) is 3.27. The molecule has 2 aromatic rings. The van der Waals surface area contributed by atoms with E-state index < -0.39 is 23.4 Å². The minimum absolute atomic E-state index is 0.219. The summed E-state index contributed by atoms with van der Waals surface area (Å²) in [7, 11) is 0. The second-order valence-electron chi connectivity index (χ2n) is 4.93. The molecule has 1 amide bonds. The Kier molecular flexibility index (Phi) is 6.11. The van der Waals surface area contributed by atoms with Gasteiger partial charge < -0.3 is 10.1 Å². The summed E-state index contributed by atoms with van der Waals surface area (Å²) >= 11 is 9.34. The first-order chi connectivity index (χ1) is 11.8. The Morgan fingerprint density at radius 3 is 2.64 bits per heavy atom. The van der Waals surface area contributed by atoms with Crippen LogP contribution in [0.3, 0.4) is 0 Å². The quantitative estimate of drug-likeness (QED) is 0.440. The van der Waals surface area contributed by atoms with Crippen LogP contribution in [0.25, 0.3) is 0 Å². The molecule has 0 atom stereocenters. The number of nitro benzene ring substituents is 1. The van der Waals surface area contributed by atoms with Gasteiger partial charge in [-0.15, -0.1) is 0 Å². The number of para-hydroxylation sites is 1. The van der Waals surface area contributed by atoms with E-state index in [1.165, 1.54) is 24.3 Å². The van der Waals surface area contributed by atoms with E-state index in [2.05, 4.69) is 21.2 Å². The highest BCUT2D eigenvalue weighted by Crippen LogP contribution is 2.31. The Morgan fingerprint density at radius 1 is 1.28 bits per heavy atom. The van der Waals surface area contributed by atoms with Gasteiger partial charge in [-0.2, -0.15) is 0 Å². The molecular weight excluding hydrogens is 416 g/mol. The monoisotopic (exact) mass is 426 g/mol. The lowest BCUT2D eigenvalue weighted by molar-refractivity contribution is -0.385. The first-order valence-electron chi connectivity index (χ1n) is 6.96. The van der Waals surface area contributed by atoms with Gasteiger partial charge in [0.15, 0.2) is 6.61 Å². The van der Waals surface area contributed by atoms with Gasteiger partial charge in [0.05, 0.1) is 9.95 Å². The molecule has 0 aliphatic heterocycles. The maximum Gasteiger partial charge on any atom is 0.345 e. The van der Waals surface area contributed by atoms with Crippen molar-refractivity contribution in [1.82, 2.24) is 0 Å². The van der Waals surface area contributed by atoms with Crippen LogP contribution in [-0.2, 0) is 9.53 Å². The highest BCUT2D eigenvalue weighted by Gasteiger charge is 2.21. The van der Waals surface area contributed by atoms with E-state index in [9.17, 15) is 19.7 Å². The number of anilines is 1. The lowest BCUT2D eigenvalue weighted by Crippen LogP contribution is -2.21. The van der Waals surface area contributed by atoms with Gasteiger partial charge in [-0.1, -0.05) is 23.7 Å². The van der Waals surface area contributed by atoms with Crippen molar-refractivity contribution in [3.63, 3.8) is 0 Å². The Hall–Kier alpha value is -2.45. The fraction of sp³-hybridized carbons (Fsp3) is 0.125. The molecule has 0 aliphatic carbocycles. The van der Waals surface area contributed by atoms with Crippen LogP contribution in [0.4, 0.5) is 11.4 Å². The minimum atomic E-state index is -0.951. The number of ether oxygens (including phenoxy) is 1. The Morgan fingerprint density at radius 2 is 1.96 bits per heavy atom. The van der Waals surface area contributed by atoms with Crippen LogP contribution in [0.5, 0.6) is 0 Å². The molecule has 0 heterocycles. The fourth-order valence-electron chi connectivity index (χ4n) is 1.99. The molecule has 0 saturated heterocycles. The summed E-state index contributed by atoms with van der Waals surface area (Å²) < 4.78 is 5.54. The number of amides is 1. The topological polar surface area (TPSA) is 98.5 Å². The average molecular weight is 428 g/mol. The van der Waals surface area contributed by atoms with Crippen LogP contribution in [0.1, 0.15) is 15.9 Å². The van der Waals surface area contributed by atoms with E-state index >= 15 is 0 Å². The first-order valence-corrected chi connectivity index (χ1v) is 8.13. The molecule has 0 bridgehead atoms. The molecule has 130 valence electrons. The van der Waals surface area contributed by atoms with Crippen molar-refractivity contribution < 1.29 is 19.2 Å². The Bertz CT molecular complexity index is 856. The predicted molar refractivity (Wildman–Crippen MR) is 95.9 cm³/mol.